The van der Waals surface area contributed by atoms with Crippen LogP contribution < -0.4 is 10.5 Å². The molecule has 0 fully saturated rings. The van der Waals surface area contributed by atoms with Crippen molar-refractivity contribution in [2.24, 2.45) is 11.7 Å². The number of thiocarbonyl (C=S) groups is 1. The van der Waals surface area contributed by atoms with Crippen molar-refractivity contribution in [1.29, 1.82) is 0 Å². The third-order valence-corrected chi connectivity index (χ3v) is 2.62. The van der Waals surface area contributed by atoms with Gasteiger partial charge in [-0.1, -0.05) is 12.2 Å². The van der Waals surface area contributed by atoms with E-state index in [0.717, 1.165) is 12.1 Å². The van der Waals surface area contributed by atoms with Crippen molar-refractivity contribution in [3.63, 3.8) is 0 Å². The predicted molar refractivity (Wildman–Crippen MR) is 63.3 cm³/mol. The SMILES string of the molecule is NC(=S)C(COc1ccc(C(F)(F)F)cc1)C(F)(F)F. The van der Waals surface area contributed by atoms with E-state index in [1.165, 1.54) is 0 Å². The summed E-state index contributed by atoms with van der Waals surface area (Å²) < 4.78 is 79.1. The van der Waals surface area contributed by atoms with Gasteiger partial charge in [0, 0.05) is 0 Å². The first-order valence-electron chi connectivity index (χ1n) is 5.18. The van der Waals surface area contributed by atoms with Gasteiger partial charge in [-0.3, -0.25) is 0 Å². The fourth-order valence-electron chi connectivity index (χ4n) is 1.26. The third-order valence-electron chi connectivity index (χ3n) is 2.34. The lowest BCUT2D eigenvalue weighted by Crippen LogP contribution is -2.38. The number of rotatable bonds is 4. The molecular formula is C11H9F6NOS. The topological polar surface area (TPSA) is 35.2 Å². The van der Waals surface area contributed by atoms with E-state index < -0.39 is 35.4 Å². The van der Waals surface area contributed by atoms with Crippen LogP contribution in [0.1, 0.15) is 5.56 Å². The quantitative estimate of drug-likeness (QED) is 0.681. The molecule has 0 spiro atoms. The molecule has 0 saturated heterocycles. The van der Waals surface area contributed by atoms with Crippen LogP contribution in [0.5, 0.6) is 5.75 Å². The Hall–Kier alpha value is -1.51. The zero-order valence-corrected chi connectivity index (χ0v) is 10.6. The minimum Gasteiger partial charge on any atom is -0.493 e. The normalized spacial score (nSPS) is 13.9. The molecule has 0 bridgehead atoms. The van der Waals surface area contributed by atoms with E-state index in [1.54, 1.807) is 0 Å². The Labute approximate surface area is 115 Å². The van der Waals surface area contributed by atoms with Crippen LogP contribution in [-0.2, 0) is 6.18 Å². The van der Waals surface area contributed by atoms with Gasteiger partial charge in [0.05, 0.1) is 10.6 Å². The second-order valence-electron chi connectivity index (χ2n) is 3.83. The Kier molecular flexibility index (Phi) is 4.85. The van der Waals surface area contributed by atoms with E-state index in [2.05, 4.69) is 12.2 Å². The summed E-state index contributed by atoms with van der Waals surface area (Å²) in [6.07, 6.45) is -9.19. The first kappa shape index (κ1) is 16.5. The lowest BCUT2D eigenvalue weighted by atomic mass is 10.1. The maximum Gasteiger partial charge on any atom is 0.416 e. The van der Waals surface area contributed by atoms with Crippen LogP contribution in [0.3, 0.4) is 0 Å². The van der Waals surface area contributed by atoms with Gasteiger partial charge in [0.2, 0.25) is 0 Å². The minimum atomic E-state index is -4.67. The number of hydrogen-bond acceptors (Lipinski definition) is 2. The zero-order chi connectivity index (χ0) is 15.6. The van der Waals surface area contributed by atoms with Crippen LogP contribution in [0.2, 0.25) is 0 Å². The molecule has 20 heavy (non-hydrogen) atoms. The largest absolute Gasteiger partial charge is 0.493 e. The lowest BCUT2D eigenvalue weighted by molar-refractivity contribution is -0.161. The second kappa shape index (κ2) is 5.86. The van der Waals surface area contributed by atoms with E-state index in [9.17, 15) is 26.3 Å². The molecule has 0 saturated carbocycles. The highest BCUT2D eigenvalue weighted by Gasteiger charge is 2.42. The number of benzene rings is 1. The maximum absolute atomic E-state index is 12.5. The standard InChI is InChI=1S/C11H9F6NOS/c12-10(13,14)6-1-3-7(4-2-6)19-5-8(9(18)20)11(15,16)17/h1-4,8H,5H2,(H2,18,20). The Morgan fingerprint density at radius 3 is 1.95 bits per heavy atom. The van der Waals surface area contributed by atoms with Gasteiger partial charge in [0.15, 0.2) is 0 Å². The lowest BCUT2D eigenvalue weighted by Gasteiger charge is -2.19. The summed E-state index contributed by atoms with van der Waals surface area (Å²) in [6, 6.07) is 3.27. The van der Waals surface area contributed by atoms with Crippen LogP contribution in [-0.4, -0.2) is 17.8 Å². The van der Waals surface area contributed by atoms with Crippen LogP contribution in [0.25, 0.3) is 0 Å². The van der Waals surface area contributed by atoms with Gasteiger partial charge in [0.1, 0.15) is 18.3 Å². The molecule has 1 atom stereocenters. The molecule has 0 aliphatic heterocycles. The van der Waals surface area contributed by atoms with E-state index in [1.807, 2.05) is 0 Å². The molecule has 1 rings (SSSR count). The number of halogens is 6. The Bertz CT molecular complexity index is 467. The van der Waals surface area contributed by atoms with Crippen molar-refractivity contribution >= 4 is 17.2 Å². The highest BCUT2D eigenvalue weighted by atomic mass is 32.1. The summed E-state index contributed by atoms with van der Waals surface area (Å²) in [7, 11) is 0. The van der Waals surface area contributed by atoms with Crippen molar-refractivity contribution in [1.82, 2.24) is 0 Å². The number of nitrogens with two attached hydrogens (primary N) is 1. The van der Waals surface area contributed by atoms with E-state index in [0.29, 0.717) is 12.1 Å². The molecule has 2 N–H and O–H groups in total. The number of ether oxygens (including phenoxy) is 1. The average Bonchev–Trinajstić information content (AvgIpc) is 2.26. The first-order chi connectivity index (χ1) is 9.01. The monoisotopic (exact) mass is 317 g/mol. The molecule has 0 aliphatic carbocycles. The van der Waals surface area contributed by atoms with E-state index in [-0.39, 0.29) is 5.75 Å². The van der Waals surface area contributed by atoms with Crippen molar-refractivity contribution in [2.45, 2.75) is 12.4 Å². The van der Waals surface area contributed by atoms with Gasteiger partial charge in [0.25, 0.3) is 0 Å². The highest BCUT2D eigenvalue weighted by Crippen LogP contribution is 2.31. The van der Waals surface area contributed by atoms with Gasteiger partial charge in [-0.05, 0) is 24.3 Å². The summed E-state index contributed by atoms with van der Waals surface area (Å²) in [5, 5.41) is 0. The van der Waals surface area contributed by atoms with Gasteiger partial charge < -0.3 is 10.5 Å². The van der Waals surface area contributed by atoms with E-state index in [4.69, 9.17) is 10.5 Å². The maximum atomic E-state index is 12.5. The molecule has 112 valence electrons. The molecule has 1 aromatic carbocycles. The molecule has 9 heteroatoms. The van der Waals surface area contributed by atoms with Gasteiger partial charge >= 0.3 is 12.4 Å². The molecule has 1 unspecified atom stereocenters. The second-order valence-corrected chi connectivity index (χ2v) is 4.30. The summed E-state index contributed by atoms with van der Waals surface area (Å²) >= 11 is 4.28. The van der Waals surface area contributed by atoms with Gasteiger partial charge in [-0.25, -0.2) is 0 Å². The molecule has 0 aromatic heterocycles. The number of alkyl halides is 6. The molecule has 0 heterocycles. The first-order valence-corrected chi connectivity index (χ1v) is 5.58. The molecule has 2 nitrogen and oxygen atoms in total. The van der Waals surface area contributed by atoms with Crippen LogP contribution in [0.15, 0.2) is 24.3 Å². The molecule has 0 radical (unpaired) electrons. The Morgan fingerprint density at radius 2 is 1.60 bits per heavy atom. The van der Waals surface area contributed by atoms with Crippen molar-refractivity contribution in [3.8, 4) is 5.75 Å². The third kappa shape index (κ3) is 4.55. The molecule has 0 amide bonds. The molecule has 0 aliphatic rings. The Morgan fingerprint density at radius 1 is 1.10 bits per heavy atom. The molecule has 1 aromatic rings. The van der Waals surface area contributed by atoms with Gasteiger partial charge in [-0.15, -0.1) is 0 Å². The van der Waals surface area contributed by atoms with Crippen LogP contribution >= 0.6 is 12.2 Å². The Balaban J connectivity index is 2.73. The summed E-state index contributed by atoms with van der Waals surface area (Å²) in [5.74, 6) is -2.29. The minimum absolute atomic E-state index is 0.136. The highest BCUT2D eigenvalue weighted by molar-refractivity contribution is 7.80. The summed E-state index contributed by atoms with van der Waals surface area (Å²) in [5.41, 5.74) is 4.03. The van der Waals surface area contributed by atoms with Crippen LogP contribution in [0, 0.1) is 5.92 Å². The fourth-order valence-corrected chi connectivity index (χ4v) is 1.46. The zero-order valence-electron chi connectivity index (χ0n) is 9.76. The summed E-state index contributed by atoms with van der Waals surface area (Å²) in [4.78, 5) is -0.788. The van der Waals surface area contributed by atoms with Crippen molar-refractivity contribution in [2.75, 3.05) is 6.61 Å². The smallest absolute Gasteiger partial charge is 0.416 e. The number of hydrogen-bond donors (Lipinski definition) is 1. The van der Waals surface area contributed by atoms with Gasteiger partial charge in [-0.2, -0.15) is 26.3 Å². The van der Waals surface area contributed by atoms with E-state index >= 15 is 0 Å². The fraction of sp³-hybridized carbons (Fsp3) is 0.364. The van der Waals surface area contributed by atoms with Crippen molar-refractivity contribution < 1.29 is 31.1 Å². The average molecular weight is 317 g/mol. The summed E-state index contributed by atoms with van der Waals surface area (Å²) in [6.45, 7) is -0.885. The van der Waals surface area contributed by atoms with Crippen LogP contribution in [0.4, 0.5) is 26.3 Å². The van der Waals surface area contributed by atoms with Crippen molar-refractivity contribution in [3.05, 3.63) is 29.8 Å². The molecular weight excluding hydrogens is 308 g/mol. The predicted octanol–water partition coefficient (Wildman–Crippen LogP) is 3.55.